The summed E-state index contributed by atoms with van der Waals surface area (Å²) >= 11 is 0. The molecular weight excluding hydrogens is 659 g/mol. The van der Waals surface area contributed by atoms with E-state index in [2.05, 4.69) is 180 Å². The molecule has 1 N–H and O–H groups in total. The van der Waals surface area contributed by atoms with Crippen LogP contribution in [0.1, 0.15) is 52.7 Å². The van der Waals surface area contributed by atoms with Crippen molar-refractivity contribution in [2.75, 3.05) is 0 Å². The van der Waals surface area contributed by atoms with Gasteiger partial charge in [-0.3, -0.25) is 4.98 Å². The molecular formula is C50H45N3O. The van der Waals surface area contributed by atoms with E-state index in [0.29, 0.717) is 0 Å². The molecule has 3 aromatic heterocycles. The summed E-state index contributed by atoms with van der Waals surface area (Å²) in [5.74, 6) is 0.273. The molecule has 5 aromatic carbocycles. The predicted octanol–water partition coefficient (Wildman–Crippen LogP) is 13.0. The number of hydrogen-bond donors (Lipinski definition) is 1. The lowest BCUT2D eigenvalue weighted by Gasteiger charge is -2.27. The van der Waals surface area contributed by atoms with Gasteiger partial charge in [0.15, 0.2) is 0 Å². The molecule has 0 bridgehead atoms. The lowest BCUT2D eigenvalue weighted by molar-refractivity contribution is 0.446. The van der Waals surface area contributed by atoms with Crippen LogP contribution in [-0.2, 0) is 10.8 Å². The third-order valence-corrected chi connectivity index (χ3v) is 10.3. The summed E-state index contributed by atoms with van der Waals surface area (Å²) < 4.78 is 2.05. The summed E-state index contributed by atoms with van der Waals surface area (Å²) in [6.45, 7) is 13.1. The molecule has 0 spiro atoms. The third-order valence-electron chi connectivity index (χ3n) is 10.3. The van der Waals surface area contributed by atoms with Gasteiger partial charge >= 0.3 is 0 Å². The van der Waals surface area contributed by atoms with Crippen LogP contribution >= 0.6 is 0 Å². The number of pyridine rings is 2. The second kappa shape index (κ2) is 13.6. The normalized spacial score (nSPS) is 12.0. The van der Waals surface area contributed by atoms with Gasteiger partial charge in [-0.25, -0.2) is 4.52 Å². The van der Waals surface area contributed by atoms with E-state index >= 15 is 0 Å². The fraction of sp³-hybridized carbons (Fsp3) is 0.160. The van der Waals surface area contributed by atoms with Gasteiger partial charge in [0.05, 0.1) is 16.9 Å². The molecule has 4 nitrogen and oxygen atoms in total. The monoisotopic (exact) mass is 703 g/mol. The molecule has 4 heteroatoms. The number of fused-ring (bicyclic) bond motifs is 1. The van der Waals surface area contributed by atoms with E-state index in [0.717, 1.165) is 83.8 Å². The first kappa shape index (κ1) is 34.8. The second-order valence-corrected chi connectivity index (χ2v) is 16.2. The minimum Gasteiger partial charge on any atom is -0.507 e. The van der Waals surface area contributed by atoms with Crippen LogP contribution in [0.5, 0.6) is 5.75 Å². The molecule has 0 atom stereocenters. The summed E-state index contributed by atoms with van der Waals surface area (Å²) in [5.41, 5.74) is 14.5. The van der Waals surface area contributed by atoms with Gasteiger partial charge < -0.3 is 5.11 Å². The van der Waals surface area contributed by atoms with Gasteiger partial charge in [0.1, 0.15) is 11.4 Å². The van der Waals surface area contributed by atoms with Crippen molar-refractivity contribution in [1.82, 2.24) is 14.6 Å². The molecule has 0 aliphatic heterocycles. The second-order valence-electron chi connectivity index (χ2n) is 16.2. The van der Waals surface area contributed by atoms with Crippen LogP contribution in [0.2, 0.25) is 0 Å². The Bertz CT molecular complexity index is 2610. The van der Waals surface area contributed by atoms with Gasteiger partial charge in [0.2, 0.25) is 0 Å². The van der Waals surface area contributed by atoms with Gasteiger partial charge in [-0.05, 0) is 92.7 Å². The molecule has 0 aliphatic carbocycles. The van der Waals surface area contributed by atoms with Gasteiger partial charge in [-0.1, -0.05) is 145 Å². The highest BCUT2D eigenvalue weighted by Crippen LogP contribution is 2.46. The number of phenolic OH excluding ortho intramolecular Hbond substituents is 1. The van der Waals surface area contributed by atoms with Crippen molar-refractivity contribution in [3.63, 3.8) is 0 Å². The smallest absolute Gasteiger partial charge is 0.128 e. The number of benzene rings is 5. The number of phenols is 1. The van der Waals surface area contributed by atoms with Gasteiger partial charge in [0.25, 0.3) is 0 Å². The van der Waals surface area contributed by atoms with Crippen LogP contribution in [0.25, 0.3) is 72.7 Å². The molecule has 0 amide bonds. The van der Waals surface area contributed by atoms with Crippen molar-refractivity contribution < 1.29 is 5.11 Å². The molecule has 0 radical (unpaired) electrons. The zero-order valence-corrected chi connectivity index (χ0v) is 31.8. The molecule has 0 unspecified atom stereocenters. The highest BCUT2D eigenvalue weighted by molar-refractivity contribution is 5.95. The van der Waals surface area contributed by atoms with Crippen LogP contribution in [0.15, 0.2) is 158 Å². The van der Waals surface area contributed by atoms with E-state index in [1.807, 2.05) is 24.4 Å². The van der Waals surface area contributed by atoms with Crippen molar-refractivity contribution >= 4 is 5.52 Å². The van der Waals surface area contributed by atoms with Crippen LogP contribution in [0, 0.1) is 0 Å². The van der Waals surface area contributed by atoms with E-state index < -0.39 is 0 Å². The Kier molecular flexibility index (Phi) is 8.78. The standard InChI is InChI=1S/C50H45N3O/c1-49(2,3)40-31-41(48(54)42(32-40)50(4,5)6)47-46(35-21-14-9-15-22-35)45-24-16-23-44(53(45)52-47)39-28-37(34-19-12-8-13-20-34)27-38(29-39)43-30-36(25-26-51-43)33-17-10-7-11-18-33/h7-32,54H,1-6H3. The minimum atomic E-state index is -0.280. The molecule has 266 valence electrons. The number of aromatic hydroxyl groups is 1. The maximum absolute atomic E-state index is 12.1. The zero-order valence-electron chi connectivity index (χ0n) is 31.8. The van der Waals surface area contributed by atoms with Gasteiger partial charge in [-0.15, -0.1) is 0 Å². The highest BCUT2D eigenvalue weighted by atomic mass is 16.3. The molecule has 0 fully saturated rings. The molecule has 8 aromatic rings. The lowest BCUT2D eigenvalue weighted by Crippen LogP contribution is -2.17. The van der Waals surface area contributed by atoms with Gasteiger partial charge in [0, 0.05) is 34.0 Å². The fourth-order valence-corrected chi connectivity index (χ4v) is 7.31. The molecule has 0 saturated heterocycles. The zero-order chi connectivity index (χ0) is 37.6. The number of nitrogens with zero attached hydrogens (tertiary/aromatic N) is 3. The average Bonchev–Trinajstić information content (AvgIpc) is 3.57. The summed E-state index contributed by atoms with van der Waals surface area (Å²) in [7, 11) is 0. The average molecular weight is 704 g/mol. The first-order valence-electron chi connectivity index (χ1n) is 18.6. The summed E-state index contributed by atoms with van der Waals surface area (Å²) in [6, 6.07) is 52.9. The molecule has 8 rings (SSSR count). The van der Waals surface area contributed by atoms with Crippen molar-refractivity contribution in [2.45, 2.75) is 52.4 Å². The molecule has 3 heterocycles. The lowest BCUT2D eigenvalue weighted by atomic mass is 9.78. The quantitative estimate of drug-likeness (QED) is 0.188. The minimum absolute atomic E-state index is 0.139. The van der Waals surface area contributed by atoms with Crippen LogP contribution in [-0.4, -0.2) is 19.7 Å². The van der Waals surface area contributed by atoms with E-state index in [4.69, 9.17) is 10.1 Å². The summed E-state index contributed by atoms with van der Waals surface area (Å²) in [4.78, 5) is 4.88. The summed E-state index contributed by atoms with van der Waals surface area (Å²) in [5, 5.41) is 17.6. The SMILES string of the molecule is CC(C)(C)c1cc(-c2nn3c(-c4cc(-c5ccccc5)cc(-c5cc(-c6ccccc6)ccn5)c4)cccc3c2-c2ccccc2)c(O)c(C(C)(C)C)c1. The largest absolute Gasteiger partial charge is 0.507 e. The van der Waals surface area contributed by atoms with Crippen LogP contribution in [0.3, 0.4) is 0 Å². The maximum Gasteiger partial charge on any atom is 0.128 e. The van der Waals surface area contributed by atoms with Gasteiger partial charge in [-0.2, -0.15) is 5.10 Å². The number of hydrogen-bond acceptors (Lipinski definition) is 3. The first-order chi connectivity index (χ1) is 26.0. The number of rotatable bonds is 6. The van der Waals surface area contributed by atoms with E-state index in [1.165, 1.54) is 0 Å². The Balaban J connectivity index is 1.40. The van der Waals surface area contributed by atoms with Crippen LogP contribution in [0.4, 0.5) is 0 Å². The Labute approximate surface area is 318 Å². The molecule has 0 aliphatic rings. The van der Waals surface area contributed by atoms with Crippen LogP contribution < -0.4 is 0 Å². The maximum atomic E-state index is 12.1. The Morgan fingerprint density at radius 3 is 1.72 bits per heavy atom. The summed E-state index contributed by atoms with van der Waals surface area (Å²) in [6.07, 6.45) is 1.89. The molecule has 0 saturated carbocycles. The first-order valence-corrected chi connectivity index (χ1v) is 18.6. The van der Waals surface area contributed by atoms with E-state index in [1.54, 1.807) is 0 Å². The van der Waals surface area contributed by atoms with E-state index in [-0.39, 0.29) is 16.6 Å². The third kappa shape index (κ3) is 6.60. The Morgan fingerprint density at radius 2 is 1.09 bits per heavy atom. The predicted molar refractivity (Wildman–Crippen MR) is 225 cm³/mol. The number of aromatic nitrogens is 3. The van der Waals surface area contributed by atoms with Crippen molar-refractivity contribution in [1.29, 1.82) is 0 Å². The topological polar surface area (TPSA) is 50.4 Å². The Morgan fingerprint density at radius 1 is 0.500 bits per heavy atom. The fourth-order valence-electron chi connectivity index (χ4n) is 7.31. The van der Waals surface area contributed by atoms with Crippen molar-refractivity contribution in [3.05, 3.63) is 169 Å². The van der Waals surface area contributed by atoms with E-state index in [9.17, 15) is 5.11 Å². The Hall–Kier alpha value is -6.26. The highest BCUT2D eigenvalue weighted by Gasteiger charge is 2.29. The van der Waals surface area contributed by atoms with Crippen molar-refractivity contribution in [2.24, 2.45) is 0 Å². The van der Waals surface area contributed by atoms with Crippen molar-refractivity contribution in [3.8, 4) is 72.9 Å². The molecule has 54 heavy (non-hydrogen) atoms.